The number of hydrogen-bond acceptors (Lipinski definition) is 4. The highest BCUT2D eigenvalue weighted by atomic mass is 19.3. The first-order valence-electron chi connectivity index (χ1n) is 8.93. The van der Waals surface area contributed by atoms with Gasteiger partial charge in [0.2, 0.25) is 5.91 Å². The van der Waals surface area contributed by atoms with E-state index in [4.69, 9.17) is 9.47 Å². The Balaban J connectivity index is 1.93. The summed E-state index contributed by atoms with van der Waals surface area (Å²) in [6.07, 6.45) is 2.87. The largest absolute Gasteiger partial charge is 0.490 e. The van der Waals surface area contributed by atoms with Gasteiger partial charge >= 0.3 is 6.61 Å². The van der Waals surface area contributed by atoms with Crippen LogP contribution in [-0.4, -0.2) is 44.2 Å². The van der Waals surface area contributed by atoms with Gasteiger partial charge in [-0.25, -0.2) is 4.39 Å². The van der Waals surface area contributed by atoms with Crippen molar-refractivity contribution in [2.24, 2.45) is 0 Å². The summed E-state index contributed by atoms with van der Waals surface area (Å²) >= 11 is 0. The van der Waals surface area contributed by atoms with E-state index < -0.39 is 12.4 Å². The number of alkyl halides is 2. The van der Waals surface area contributed by atoms with E-state index in [0.717, 1.165) is 0 Å². The van der Waals surface area contributed by atoms with Crippen LogP contribution in [0.15, 0.2) is 48.5 Å². The van der Waals surface area contributed by atoms with Gasteiger partial charge in [0.1, 0.15) is 6.61 Å². The van der Waals surface area contributed by atoms with Crippen LogP contribution < -0.4 is 14.2 Å². The molecule has 29 heavy (non-hydrogen) atoms. The molecule has 0 bridgehead atoms. The molecule has 0 aromatic heterocycles. The van der Waals surface area contributed by atoms with Crippen LogP contribution in [0.5, 0.6) is 17.2 Å². The lowest BCUT2D eigenvalue weighted by atomic mass is 10.2. The Bertz CT molecular complexity index is 842. The highest BCUT2D eigenvalue weighted by Crippen LogP contribution is 2.30. The van der Waals surface area contributed by atoms with Crippen molar-refractivity contribution in [2.75, 3.05) is 26.8 Å². The Labute approximate surface area is 167 Å². The number of nitrogens with zero attached hydrogens (tertiary/aromatic N) is 1. The molecule has 0 fully saturated rings. The third-order valence-electron chi connectivity index (χ3n) is 3.80. The van der Waals surface area contributed by atoms with Crippen molar-refractivity contribution in [3.8, 4) is 17.2 Å². The molecule has 2 aromatic carbocycles. The molecular weight excluding hydrogens is 387 g/mol. The van der Waals surface area contributed by atoms with Crippen LogP contribution in [0.25, 0.3) is 6.08 Å². The molecule has 8 heteroatoms. The molecule has 0 aliphatic heterocycles. The molecule has 0 heterocycles. The number of benzene rings is 2. The zero-order chi connectivity index (χ0) is 21.2. The summed E-state index contributed by atoms with van der Waals surface area (Å²) < 4.78 is 53.4. The Kier molecular flexibility index (Phi) is 8.39. The Hall–Kier alpha value is -3.16. The van der Waals surface area contributed by atoms with Gasteiger partial charge in [-0.15, -0.1) is 0 Å². The quantitative estimate of drug-likeness (QED) is 0.547. The van der Waals surface area contributed by atoms with Gasteiger partial charge in [0.25, 0.3) is 0 Å². The maximum Gasteiger partial charge on any atom is 0.387 e. The fourth-order valence-corrected chi connectivity index (χ4v) is 2.35. The summed E-state index contributed by atoms with van der Waals surface area (Å²) in [6.45, 7) is -0.585. The molecule has 2 aromatic rings. The summed E-state index contributed by atoms with van der Waals surface area (Å²) in [5.74, 6) is -0.557. The Morgan fingerprint density at radius 1 is 1.10 bits per heavy atom. The Morgan fingerprint density at radius 2 is 1.86 bits per heavy atom. The van der Waals surface area contributed by atoms with E-state index in [-0.39, 0.29) is 42.9 Å². The second kappa shape index (κ2) is 11.0. The molecule has 0 N–H and O–H groups in total. The first-order valence-corrected chi connectivity index (χ1v) is 8.93. The minimum Gasteiger partial charge on any atom is -0.490 e. The number of hydrogen-bond donors (Lipinski definition) is 0. The van der Waals surface area contributed by atoms with Gasteiger partial charge in [0.15, 0.2) is 23.1 Å². The number of amides is 1. The lowest BCUT2D eigenvalue weighted by molar-refractivity contribution is -0.125. The number of ether oxygens (including phenoxy) is 3. The van der Waals surface area contributed by atoms with E-state index in [1.165, 1.54) is 47.4 Å². The van der Waals surface area contributed by atoms with Crippen LogP contribution in [0.3, 0.4) is 0 Å². The second-order valence-electron chi connectivity index (χ2n) is 5.89. The third-order valence-corrected chi connectivity index (χ3v) is 3.80. The molecule has 0 unspecified atom stereocenters. The number of halogens is 3. The minimum atomic E-state index is -2.96. The molecule has 0 saturated carbocycles. The van der Waals surface area contributed by atoms with Crippen LogP contribution in [0.1, 0.15) is 12.5 Å². The van der Waals surface area contributed by atoms with Gasteiger partial charge in [0, 0.05) is 13.1 Å². The van der Waals surface area contributed by atoms with E-state index in [9.17, 15) is 18.0 Å². The van der Waals surface area contributed by atoms with Gasteiger partial charge in [0.05, 0.1) is 13.2 Å². The van der Waals surface area contributed by atoms with Gasteiger partial charge in [-0.2, -0.15) is 8.78 Å². The van der Waals surface area contributed by atoms with Crippen LogP contribution in [0.2, 0.25) is 0 Å². The van der Waals surface area contributed by atoms with Crippen molar-refractivity contribution in [3.05, 3.63) is 59.9 Å². The number of carbonyl (C=O) groups excluding carboxylic acids is 1. The predicted octanol–water partition coefficient (Wildman–Crippen LogP) is 4.38. The van der Waals surface area contributed by atoms with Gasteiger partial charge in [-0.3, -0.25) is 4.79 Å². The number of likely N-dealkylation sites (N-methyl/N-ethyl adjacent to an activating group) is 1. The number of para-hydroxylation sites is 1. The first kappa shape index (κ1) is 22.1. The van der Waals surface area contributed by atoms with E-state index in [1.54, 1.807) is 26.1 Å². The first-order chi connectivity index (χ1) is 13.9. The minimum absolute atomic E-state index is 0.0762. The van der Waals surface area contributed by atoms with Crippen molar-refractivity contribution >= 4 is 12.0 Å². The van der Waals surface area contributed by atoms with Gasteiger partial charge in [-0.1, -0.05) is 18.2 Å². The fourth-order valence-electron chi connectivity index (χ4n) is 2.35. The van der Waals surface area contributed by atoms with Crippen LogP contribution in [0.4, 0.5) is 13.2 Å². The Morgan fingerprint density at radius 3 is 2.55 bits per heavy atom. The summed E-state index contributed by atoms with van der Waals surface area (Å²) in [5, 5.41) is 0. The van der Waals surface area contributed by atoms with Crippen LogP contribution in [-0.2, 0) is 4.79 Å². The van der Waals surface area contributed by atoms with Gasteiger partial charge < -0.3 is 19.1 Å². The van der Waals surface area contributed by atoms with E-state index >= 15 is 0 Å². The van der Waals surface area contributed by atoms with Crippen LogP contribution in [0, 0.1) is 5.82 Å². The van der Waals surface area contributed by atoms with Crippen molar-refractivity contribution in [1.82, 2.24) is 4.90 Å². The fraction of sp³-hybridized carbons (Fsp3) is 0.286. The molecule has 0 saturated heterocycles. The summed E-state index contributed by atoms with van der Waals surface area (Å²) in [4.78, 5) is 13.6. The molecule has 0 atom stereocenters. The maximum absolute atomic E-state index is 13.5. The summed E-state index contributed by atoms with van der Waals surface area (Å²) in [5.41, 5.74) is 0.583. The lowest BCUT2D eigenvalue weighted by Crippen LogP contribution is -2.29. The van der Waals surface area contributed by atoms with Crippen LogP contribution >= 0.6 is 0 Å². The molecular formula is C21H22F3NO4. The molecule has 5 nitrogen and oxygen atoms in total. The van der Waals surface area contributed by atoms with E-state index in [0.29, 0.717) is 5.56 Å². The van der Waals surface area contributed by atoms with Crippen molar-refractivity contribution in [3.63, 3.8) is 0 Å². The molecule has 2 rings (SSSR count). The maximum atomic E-state index is 13.5. The van der Waals surface area contributed by atoms with Gasteiger partial charge in [-0.05, 0) is 42.8 Å². The highest BCUT2D eigenvalue weighted by Gasteiger charge is 2.11. The summed E-state index contributed by atoms with van der Waals surface area (Å²) in [7, 11) is 1.59. The third kappa shape index (κ3) is 7.06. The predicted molar refractivity (Wildman–Crippen MR) is 103 cm³/mol. The normalized spacial score (nSPS) is 11.0. The van der Waals surface area contributed by atoms with E-state index in [1.807, 2.05) is 0 Å². The molecule has 0 aliphatic rings. The lowest BCUT2D eigenvalue weighted by Gasteiger charge is -2.16. The zero-order valence-corrected chi connectivity index (χ0v) is 16.1. The topological polar surface area (TPSA) is 48.0 Å². The average Bonchev–Trinajstić information content (AvgIpc) is 2.69. The van der Waals surface area contributed by atoms with Crippen molar-refractivity contribution < 1.29 is 32.2 Å². The smallest absolute Gasteiger partial charge is 0.387 e. The SMILES string of the molecule is CCOc1cc(/C=C/C(=O)N(C)CCOc2ccccc2F)ccc1OC(F)F. The second-order valence-corrected chi connectivity index (χ2v) is 5.89. The number of carbonyl (C=O) groups is 1. The molecule has 0 aliphatic carbocycles. The number of rotatable bonds is 10. The highest BCUT2D eigenvalue weighted by molar-refractivity contribution is 5.91. The van der Waals surface area contributed by atoms with Crippen molar-refractivity contribution in [1.29, 1.82) is 0 Å². The van der Waals surface area contributed by atoms with E-state index in [2.05, 4.69) is 4.74 Å². The molecule has 0 radical (unpaired) electrons. The molecule has 156 valence electrons. The average molecular weight is 409 g/mol. The summed E-state index contributed by atoms with van der Waals surface area (Å²) in [6, 6.07) is 10.4. The zero-order valence-electron chi connectivity index (χ0n) is 16.1. The monoisotopic (exact) mass is 409 g/mol. The standard InChI is InChI=1S/C21H22F3NO4/c1-3-27-19-14-15(8-10-18(19)29-21(23)24)9-11-20(26)25(2)12-13-28-17-7-5-4-6-16(17)22/h4-11,14,21H,3,12-13H2,1-2H3/b11-9+. The molecule has 1 amide bonds. The van der Waals surface area contributed by atoms with Crippen molar-refractivity contribution in [2.45, 2.75) is 13.5 Å². The molecule has 0 spiro atoms.